The maximum absolute atomic E-state index is 12.1. The van der Waals surface area contributed by atoms with Crippen LogP contribution in [0.15, 0.2) is 24.3 Å². The Balaban J connectivity index is 2.66. The molecule has 1 N–H and O–H groups in total. The molecule has 5 heteroatoms. The average Bonchev–Trinajstić information content (AvgIpc) is 2.45. The van der Waals surface area contributed by atoms with E-state index in [4.69, 9.17) is 9.84 Å². The summed E-state index contributed by atoms with van der Waals surface area (Å²) in [6.45, 7) is 4.57. The van der Waals surface area contributed by atoms with Crippen molar-refractivity contribution in [3.63, 3.8) is 0 Å². The predicted molar refractivity (Wildman–Crippen MR) is 76.1 cm³/mol. The molecule has 1 amide bonds. The smallest absolute Gasteiger partial charge is 0.323 e. The molecule has 0 fully saturated rings. The van der Waals surface area contributed by atoms with Gasteiger partial charge in [0.15, 0.2) is 0 Å². The molecule has 0 aromatic heterocycles. The van der Waals surface area contributed by atoms with E-state index < -0.39 is 5.97 Å². The van der Waals surface area contributed by atoms with Crippen molar-refractivity contribution >= 4 is 11.9 Å². The molecule has 20 heavy (non-hydrogen) atoms. The summed E-state index contributed by atoms with van der Waals surface area (Å²) in [5.74, 6) is -0.578. The summed E-state index contributed by atoms with van der Waals surface area (Å²) in [4.78, 5) is 24.1. The second-order valence-corrected chi connectivity index (χ2v) is 4.44. The third kappa shape index (κ3) is 4.91. The standard InChI is InChI=1S/C15H21NO4/c1-3-5-10-20-13-8-6-12(7-9-13)15(19)16(4-2)11-14(17)18/h6-9H,3-5,10-11H2,1-2H3,(H,17,18). The molecule has 0 aliphatic carbocycles. The van der Waals surface area contributed by atoms with Crippen LogP contribution in [0.3, 0.4) is 0 Å². The van der Waals surface area contributed by atoms with Gasteiger partial charge in [-0.2, -0.15) is 0 Å². The molecular formula is C15H21NO4. The lowest BCUT2D eigenvalue weighted by atomic mass is 10.2. The first-order valence-electron chi connectivity index (χ1n) is 6.82. The highest BCUT2D eigenvalue weighted by atomic mass is 16.5. The van der Waals surface area contributed by atoms with Gasteiger partial charge in [-0.1, -0.05) is 13.3 Å². The number of ether oxygens (including phenoxy) is 1. The van der Waals surface area contributed by atoms with Gasteiger partial charge in [-0.3, -0.25) is 9.59 Å². The van der Waals surface area contributed by atoms with Crippen molar-refractivity contribution in [2.75, 3.05) is 19.7 Å². The van der Waals surface area contributed by atoms with Crippen molar-refractivity contribution in [3.05, 3.63) is 29.8 Å². The van der Waals surface area contributed by atoms with Gasteiger partial charge in [-0.15, -0.1) is 0 Å². The Hall–Kier alpha value is -2.04. The van der Waals surface area contributed by atoms with Crippen LogP contribution in [0.5, 0.6) is 5.75 Å². The monoisotopic (exact) mass is 279 g/mol. The van der Waals surface area contributed by atoms with Crippen LogP contribution in [-0.4, -0.2) is 41.6 Å². The van der Waals surface area contributed by atoms with Crippen molar-refractivity contribution in [2.45, 2.75) is 26.7 Å². The molecule has 0 saturated carbocycles. The number of benzene rings is 1. The topological polar surface area (TPSA) is 66.8 Å². The van der Waals surface area contributed by atoms with Crippen molar-refractivity contribution in [1.29, 1.82) is 0 Å². The van der Waals surface area contributed by atoms with Gasteiger partial charge >= 0.3 is 5.97 Å². The minimum absolute atomic E-state index is 0.282. The number of hydrogen-bond acceptors (Lipinski definition) is 3. The van der Waals surface area contributed by atoms with E-state index in [1.807, 2.05) is 0 Å². The van der Waals surface area contributed by atoms with E-state index in [-0.39, 0.29) is 12.5 Å². The van der Waals surface area contributed by atoms with Gasteiger partial charge < -0.3 is 14.7 Å². The van der Waals surface area contributed by atoms with E-state index in [1.54, 1.807) is 31.2 Å². The molecule has 0 saturated heterocycles. The maximum Gasteiger partial charge on any atom is 0.323 e. The van der Waals surface area contributed by atoms with E-state index in [0.717, 1.165) is 18.6 Å². The average molecular weight is 279 g/mol. The minimum Gasteiger partial charge on any atom is -0.494 e. The number of carbonyl (C=O) groups is 2. The molecule has 1 aromatic carbocycles. The summed E-state index contributed by atoms with van der Waals surface area (Å²) >= 11 is 0. The molecule has 0 radical (unpaired) electrons. The second-order valence-electron chi connectivity index (χ2n) is 4.44. The Morgan fingerprint density at radius 3 is 2.35 bits per heavy atom. The summed E-state index contributed by atoms with van der Waals surface area (Å²) in [5.41, 5.74) is 0.468. The van der Waals surface area contributed by atoms with Crippen LogP contribution >= 0.6 is 0 Å². The zero-order valence-corrected chi connectivity index (χ0v) is 12.0. The molecule has 0 bridgehead atoms. The number of likely N-dealkylation sites (N-methyl/N-ethyl adjacent to an activating group) is 1. The SMILES string of the molecule is CCCCOc1ccc(C(=O)N(CC)CC(=O)O)cc1. The number of hydrogen-bond donors (Lipinski definition) is 1. The first-order chi connectivity index (χ1) is 9.58. The summed E-state index contributed by atoms with van der Waals surface area (Å²) in [6, 6.07) is 6.79. The van der Waals surface area contributed by atoms with E-state index in [2.05, 4.69) is 6.92 Å². The van der Waals surface area contributed by atoms with Crippen LogP contribution in [0.2, 0.25) is 0 Å². The zero-order valence-electron chi connectivity index (χ0n) is 12.0. The fourth-order valence-corrected chi connectivity index (χ4v) is 1.70. The van der Waals surface area contributed by atoms with Crippen molar-refractivity contribution in [3.8, 4) is 5.75 Å². The predicted octanol–water partition coefficient (Wildman–Crippen LogP) is 2.41. The Labute approximate surface area is 119 Å². The number of nitrogens with zero attached hydrogens (tertiary/aromatic N) is 1. The van der Waals surface area contributed by atoms with E-state index >= 15 is 0 Å². The quantitative estimate of drug-likeness (QED) is 0.742. The molecule has 0 aliphatic rings. The lowest BCUT2D eigenvalue weighted by Gasteiger charge is -2.18. The van der Waals surface area contributed by atoms with Gasteiger partial charge in [0.05, 0.1) is 6.61 Å². The summed E-state index contributed by atoms with van der Waals surface area (Å²) in [7, 11) is 0. The molecular weight excluding hydrogens is 258 g/mol. The van der Waals surface area contributed by atoms with E-state index in [1.165, 1.54) is 4.90 Å². The van der Waals surface area contributed by atoms with Gasteiger partial charge in [0.25, 0.3) is 5.91 Å². The fraction of sp³-hybridized carbons (Fsp3) is 0.467. The number of aliphatic carboxylic acids is 1. The molecule has 1 aromatic rings. The van der Waals surface area contributed by atoms with Gasteiger partial charge in [-0.05, 0) is 37.6 Å². The molecule has 0 atom stereocenters. The van der Waals surface area contributed by atoms with Crippen LogP contribution in [0.25, 0.3) is 0 Å². The molecule has 1 rings (SSSR count). The molecule has 0 unspecified atom stereocenters. The van der Waals surface area contributed by atoms with E-state index in [0.29, 0.717) is 18.7 Å². The first kappa shape index (κ1) is 16.0. The van der Waals surface area contributed by atoms with Crippen LogP contribution < -0.4 is 4.74 Å². The third-order valence-electron chi connectivity index (χ3n) is 2.86. The molecule has 0 spiro atoms. The Morgan fingerprint density at radius 2 is 1.85 bits per heavy atom. The van der Waals surface area contributed by atoms with Gasteiger partial charge in [0.1, 0.15) is 12.3 Å². The van der Waals surface area contributed by atoms with Gasteiger partial charge in [0.2, 0.25) is 0 Å². The van der Waals surface area contributed by atoms with Crippen LogP contribution in [0.4, 0.5) is 0 Å². The Kier molecular flexibility index (Phi) is 6.56. The highest BCUT2D eigenvalue weighted by Gasteiger charge is 2.16. The van der Waals surface area contributed by atoms with Crippen molar-refractivity contribution < 1.29 is 19.4 Å². The van der Waals surface area contributed by atoms with E-state index in [9.17, 15) is 9.59 Å². The molecule has 110 valence electrons. The molecule has 0 aliphatic heterocycles. The largest absolute Gasteiger partial charge is 0.494 e. The van der Waals surface area contributed by atoms with Crippen LogP contribution in [0.1, 0.15) is 37.0 Å². The first-order valence-corrected chi connectivity index (χ1v) is 6.82. The molecule has 0 heterocycles. The number of carboxylic acid groups (broad SMARTS) is 1. The maximum atomic E-state index is 12.1. The Bertz CT molecular complexity index is 442. The fourth-order valence-electron chi connectivity index (χ4n) is 1.70. The number of carbonyl (C=O) groups excluding carboxylic acids is 1. The molecule has 5 nitrogen and oxygen atoms in total. The lowest BCUT2D eigenvalue weighted by molar-refractivity contribution is -0.137. The summed E-state index contributed by atoms with van der Waals surface area (Å²) in [5, 5.41) is 8.76. The lowest BCUT2D eigenvalue weighted by Crippen LogP contribution is -2.35. The number of unbranched alkanes of at least 4 members (excludes halogenated alkanes) is 1. The van der Waals surface area contributed by atoms with Crippen LogP contribution in [-0.2, 0) is 4.79 Å². The van der Waals surface area contributed by atoms with Crippen LogP contribution in [0, 0.1) is 0 Å². The second kappa shape index (κ2) is 8.19. The number of carboxylic acids is 1. The van der Waals surface area contributed by atoms with Crippen molar-refractivity contribution in [2.24, 2.45) is 0 Å². The van der Waals surface area contributed by atoms with Gasteiger partial charge in [0, 0.05) is 12.1 Å². The summed E-state index contributed by atoms with van der Waals surface area (Å²) in [6.07, 6.45) is 2.06. The third-order valence-corrected chi connectivity index (χ3v) is 2.86. The highest BCUT2D eigenvalue weighted by molar-refractivity contribution is 5.95. The Morgan fingerprint density at radius 1 is 1.20 bits per heavy atom. The zero-order chi connectivity index (χ0) is 15.0. The van der Waals surface area contributed by atoms with Crippen molar-refractivity contribution in [1.82, 2.24) is 4.90 Å². The van der Waals surface area contributed by atoms with Gasteiger partial charge in [-0.25, -0.2) is 0 Å². The minimum atomic E-state index is -1.01. The highest BCUT2D eigenvalue weighted by Crippen LogP contribution is 2.14. The normalized spacial score (nSPS) is 10.1. The number of amides is 1. The number of rotatable bonds is 8. The summed E-state index contributed by atoms with van der Waals surface area (Å²) < 4.78 is 5.51.